The highest BCUT2D eigenvalue weighted by atomic mass is 16.5. The zero-order chi connectivity index (χ0) is 17.9. The van der Waals surface area contributed by atoms with Gasteiger partial charge in [0.25, 0.3) is 0 Å². The Morgan fingerprint density at radius 2 is 1.42 bits per heavy atom. The molecule has 3 aromatic rings. The van der Waals surface area contributed by atoms with E-state index in [1.54, 1.807) is 0 Å². The van der Waals surface area contributed by atoms with E-state index >= 15 is 0 Å². The Kier molecular flexibility index (Phi) is 4.44. The lowest BCUT2D eigenvalue weighted by Gasteiger charge is -2.11. The second-order valence-electron chi connectivity index (χ2n) is 6.69. The second-order valence-corrected chi connectivity index (χ2v) is 6.69. The molecule has 2 atom stereocenters. The van der Waals surface area contributed by atoms with Crippen LogP contribution >= 0.6 is 0 Å². The van der Waals surface area contributed by atoms with Crippen LogP contribution in [0.3, 0.4) is 0 Å². The SMILES string of the molecule is O=C(O)[C@@H]1C[C@H]1COc1ccc(-c2ccccc2-c2ccccc2)cc1. The van der Waals surface area contributed by atoms with Gasteiger partial charge in [0.2, 0.25) is 0 Å². The highest BCUT2D eigenvalue weighted by molar-refractivity contribution is 5.83. The maximum atomic E-state index is 10.9. The normalized spacial score (nSPS) is 18.3. The number of rotatable bonds is 6. The summed E-state index contributed by atoms with van der Waals surface area (Å²) >= 11 is 0. The number of hydrogen-bond donors (Lipinski definition) is 1. The van der Waals surface area contributed by atoms with Gasteiger partial charge in [0.05, 0.1) is 12.5 Å². The van der Waals surface area contributed by atoms with Gasteiger partial charge in [-0.1, -0.05) is 66.7 Å². The predicted molar refractivity (Wildman–Crippen MR) is 102 cm³/mol. The first-order valence-electron chi connectivity index (χ1n) is 8.83. The number of carboxylic acids is 1. The van der Waals surface area contributed by atoms with Crippen LogP contribution in [0, 0.1) is 11.8 Å². The minimum Gasteiger partial charge on any atom is -0.493 e. The maximum absolute atomic E-state index is 10.9. The fourth-order valence-electron chi connectivity index (χ4n) is 3.27. The van der Waals surface area contributed by atoms with Crippen LogP contribution in [0.1, 0.15) is 6.42 Å². The van der Waals surface area contributed by atoms with Crippen molar-refractivity contribution < 1.29 is 14.6 Å². The van der Waals surface area contributed by atoms with Crippen LogP contribution in [-0.4, -0.2) is 17.7 Å². The quantitative estimate of drug-likeness (QED) is 0.675. The molecule has 1 fully saturated rings. The summed E-state index contributed by atoms with van der Waals surface area (Å²) in [6.07, 6.45) is 0.720. The van der Waals surface area contributed by atoms with Crippen LogP contribution < -0.4 is 4.74 Å². The van der Waals surface area contributed by atoms with Crippen LogP contribution in [0.5, 0.6) is 5.75 Å². The fraction of sp³-hybridized carbons (Fsp3) is 0.174. The molecule has 0 radical (unpaired) electrons. The smallest absolute Gasteiger partial charge is 0.306 e. The number of aliphatic carboxylic acids is 1. The highest BCUT2D eigenvalue weighted by Gasteiger charge is 2.43. The summed E-state index contributed by atoms with van der Waals surface area (Å²) in [4.78, 5) is 10.9. The van der Waals surface area contributed by atoms with Gasteiger partial charge in [0.15, 0.2) is 0 Å². The first-order valence-corrected chi connectivity index (χ1v) is 8.83. The number of carbonyl (C=O) groups is 1. The third-order valence-corrected chi connectivity index (χ3v) is 4.88. The van der Waals surface area contributed by atoms with Gasteiger partial charge >= 0.3 is 5.97 Å². The summed E-state index contributed by atoms with van der Waals surface area (Å²) < 4.78 is 5.75. The van der Waals surface area contributed by atoms with Gasteiger partial charge in [-0.25, -0.2) is 0 Å². The summed E-state index contributed by atoms with van der Waals surface area (Å²) in [5.74, 6) is -0.0218. The minimum absolute atomic E-state index is 0.144. The summed E-state index contributed by atoms with van der Waals surface area (Å²) in [6.45, 7) is 0.469. The van der Waals surface area contributed by atoms with Gasteiger partial charge in [-0.05, 0) is 40.8 Å². The van der Waals surface area contributed by atoms with Crippen molar-refractivity contribution in [1.29, 1.82) is 0 Å². The largest absolute Gasteiger partial charge is 0.493 e. The Balaban J connectivity index is 1.50. The van der Waals surface area contributed by atoms with Crippen molar-refractivity contribution >= 4 is 5.97 Å². The Morgan fingerprint density at radius 1 is 0.846 bits per heavy atom. The van der Waals surface area contributed by atoms with E-state index in [1.165, 1.54) is 16.7 Å². The molecule has 26 heavy (non-hydrogen) atoms. The molecular formula is C23H20O3. The van der Waals surface area contributed by atoms with Crippen LogP contribution in [0.4, 0.5) is 0 Å². The van der Waals surface area contributed by atoms with Crippen molar-refractivity contribution in [2.45, 2.75) is 6.42 Å². The highest BCUT2D eigenvalue weighted by Crippen LogP contribution is 2.39. The van der Waals surface area contributed by atoms with E-state index in [0.717, 1.165) is 17.7 Å². The van der Waals surface area contributed by atoms with Crippen molar-refractivity contribution in [2.75, 3.05) is 6.61 Å². The summed E-state index contributed by atoms with van der Waals surface area (Å²) in [7, 11) is 0. The molecule has 1 N–H and O–H groups in total. The zero-order valence-electron chi connectivity index (χ0n) is 14.3. The van der Waals surface area contributed by atoms with Crippen molar-refractivity contribution in [3.05, 3.63) is 78.9 Å². The van der Waals surface area contributed by atoms with Crippen LogP contribution in [-0.2, 0) is 4.79 Å². The Bertz CT molecular complexity index is 900. The van der Waals surface area contributed by atoms with E-state index in [0.29, 0.717) is 6.61 Å². The summed E-state index contributed by atoms with van der Waals surface area (Å²) in [5.41, 5.74) is 4.70. The molecule has 0 bridgehead atoms. The molecule has 1 aliphatic rings. The summed E-state index contributed by atoms with van der Waals surface area (Å²) in [6, 6.07) is 26.7. The molecule has 0 unspecified atom stereocenters. The number of hydrogen-bond acceptors (Lipinski definition) is 2. The number of ether oxygens (including phenoxy) is 1. The molecule has 0 aliphatic heterocycles. The monoisotopic (exact) mass is 344 g/mol. The van der Waals surface area contributed by atoms with Gasteiger partial charge in [0.1, 0.15) is 5.75 Å². The van der Waals surface area contributed by atoms with Crippen molar-refractivity contribution in [2.24, 2.45) is 11.8 Å². The van der Waals surface area contributed by atoms with E-state index in [1.807, 2.05) is 36.4 Å². The molecule has 3 heteroatoms. The molecule has 0 spiro atoms. The van der Waals surface area contributed by atoms with E-state index in [4.69, 9.17) is 9.84 Å². The molecular weight excluding hydrogens is 324 g/mol. The Morgan fingerprint density at radius 3 is 2.00 bits per heavy atom. The van der Waals surface area contributed by atoms with Crippen LogP contribution in [0.2, 0.25) is 0 Å². The predicted octanol–water partition coefficient (Wildman–Crippen LogP) is 5.12. The topological polar surface area (TPSA) is 46.5 Å². The van der Waals surface area contributed by atoms with E-state index in [9.17, 15) is 4.79 Å². The number of benzene rings is 3. The summed E-state index contributed by atoms with van der Waals surface area (Å²) in [5, 5.41) is 8.95. The zero-order valence-corrected chi connectivity index (χ0v) is 14.3. The van der Waals surface area contributed by atoms with Crippen molar-refractivity contribution in [1.82, 2.24) is 0 Å². The molecule has 1 aliphatic carbocycles. The lowest BCUT2D eigenvalue weighted by molar-refractivity contribution is -0.138. The average molecular weight is 344 g/mol. The van der Waals surface area contributed by atoms with Gasteiger partial charge in [0, 0.05) is 5.92 Å². The van der Waals surface area contributed by atoms with Gasteiger partial charge in [-0.2, -0.15) is 0 Å². The Hall–Kier alpha value is -3.07. The van der Waals surface area contributed by atoms with E-state index in [2.05, 4.69) is 42.5 Å². The van der Waals surface area contributed by atoms with Crippen LogP contribution in [0.25, 0.3) is 22.3 Å². The number of carboxylic acid groups (broad SMARTS) is 1. The van der Waals surface area contributed by atoms with Gasteiger partial charge in [-0.15, -0.1) is 0 Å². The molecule has 3 aromatic carbocycles. The van der Waals surface area contributed by atoms with Gasteiger partial charge < -0.3 is 9.84 Å². The molecule has 130 valence electrons. The maximum Gasteiger partial charge on any atom is 0.306 e. The molecule has 0 heterocycles. The third-order valence-electron chi connectivity index (χ3n) is 4.88. The third kappa shape index (κ3) is 3.47. The first kappa shape index (κ1) is 16.4. The second kappa shape index (κ2) is 7.04. The average Bonchev–Trinajstić information content (AvgIpc) is 3.48. The minimum atomic E-state index is -0.716. The molecule has 0 saturated heterocycles. The first-order chi connectivity index (χ1) is 12.7. The lowest BCUT2D eigenvalue weighted by Crippen LogP contribution is -2.06. The van der Waals surface area contributed by atoms with Gasteiger partial charge in [-0.3, -0.25) is 4.79 Å². The molecule has 4 rings (SSSR count). The fourth-order valence-corrected chi connectivity index (χ4v) is 3.27. The molecule has 3 nitrogen and oxygen atoms in total. The van der Waals surface area contributed by atoms with Crippen molar-refractivity contribution in [3.63, 3.8) is 0 Å². The van der Waals surface area contributed by atoms with Crippen molar-refractivity contribution in [3.8, 4) is 28.0 Å². The van der Waals surface area contributed by atoms with Crippen LogP contribution in [0.15, 0.2) is 78.9 Å². The molecule has 1 saturated carbocycles. The molecule has 0 aromatic heterocycles. The van der Waals surface area contributed by atoms with E-state index in [-0.39, 0.29) is 11.8 Å². The molecule has 0 amide bonds. The lowest BCUT2D eigenvalue weighted by atomic mass is 9.95. The van der Waals surface area contributed by atoms with E-state index < -0.39 is 5.97 Å². The standard InChI is InChI=1S/C23H20O3/c24-23(25)22-14-18(22)15-26-19-12-10-17(11-13-19)21-9-5-4-8-20(21)16-6-2-1-3-7-16/h1-13,18,22H,14-15H2,(H,24,25)/t18-,22+/m0/s1. The Labute approximate surface area is 152 Å².